The Morgan fingerprint density at radius 2 is 2.06 bits per heavy atom. The summed E-state index contributed by atoms with van der Waals surface area (Å²) >= 11 is 0. The Kier molecular flexibility index (Phi) is 5.44. The van der Waals surface area contributed by atoms with Crippen molar-refractivity contribution in [3.05, 3.63) is 24.3 Å². The Balaban J connectivity index is 2.68. The van der Waals surface area contributed by atoms with Gasteiger partial charge in [-0.1, -0.05) is 13.0 Å². The quantitative estimate of drug-likeness (QED) is 0.752. The van der Waals surface area contributed by atoms with Gasteiger partial charge in [0.25, 0.3) is 0 Å². The molecule has 0 unspecified atom stereocenters. The van der Waals surface area contributed by atoms with E-state index in [0.29, 0.717) is 17.2 Å². The van der Waals surface area contributed by atoms with Crippen LogP contribution in [0.25, 0.3) is 0 Å². The third-order valence-electron chi connectivity index (χ3n) is 2.37. The summed E-state index contributed by atoms with van der Waals surface area (Å²) in [6.07, 6.45) is 0.999. The molecule has 0 aliphatic rings. The molecule has 0 radical (unpaired) electrons. The summed E-state index contributed by atoms with van der Waals surface area (Å²) < 4.78 is 28.9. The molecule has 5 heteroatoms. The summed E-state index contributed by atoms with van der Waals surface area (Å²) in [7, 11) is -1.69. The molecular weight excluding hydrogens is 238 g/mol. The van der Waals surface area contributed by atoms with E-state index >= 15 is 0 Å². The van der Waals surface area contributed by atoms with Crippen LogP contribution in [-0.2, 0) is 9.84 Å². The van der Waals surface area contributed by atoms with Gasteiger partial charge in [0.15, 0.2) is 9.84 Å². The molecule has 0 fully saturated rings. The molecule has 4 nitrogen and oxygen atoms in total. The summed E-state index contributed by atoms with van der Waals surface area (Å²) in [4.78, 5) is 0.315. The number of methoxy groups -OCH3 is 1. The Labute approximate surface area is 103 Å². The molecular formula is C12H19NO3S. The second-order valence-electron chi connectivity index (χ2n) is 3.75. The zero-order valence-corrected chi connectivity index (χ0v) is 11.1. The first-order valence-corrected chi connectivity index (χ1v) is 7.33. The highest BCUT2D eigenvalue weighted by Crippen LogP contribution is 2.17. The second kappa shape index (κ2) is 6.61. The third kappa shape index (κ3) is 4.36. The van der Waals surface area contributed by atoms with Gasteiger partial charge in [0.05, 0.1) is 17.8 Å². The topological polar surface area (TPSA) is 55.4 Å². The van der Waals surface area contributed by atoms with E-state index in [1.54, 1.807) is 24.3 Å². The van der Waals surface area contributed by atoms with E-state index in [1.807, 2.05) is 6.92 Å². The molecule has 1 aromatic rings. The van der Waals surface area contributed by atoms with E-state index in [2.05, 4.69) is 5.32 Å². The van der Waals surface area contributed by atoms with Crippen LogP contribution in [0.3, 0.4) is 0 Å². The summed E-state index contributed by atoms with van der Waals surface area (Å²) in [5.41, 5.74) is 0. The lowest BCUT2D eigenvalue weighted by Crippen LogP contribution is -2.23. The number of nitrogens with one attached hydrogen (secondary N) is 1. The molecule has 1 N–H and O–H groups in total. The molecule has 1 aromatic carbocycles. The Morgan fingerprint density at radius 3 is 2.71 bits per heavy atom. The minimum atomic E-state index is -3.22. The van der Waals surface area contributed by atoms with Crippen molar-refractivity contribution in [2.75, 3.05) is 26.0 Å². The maximum absolute atomic E-state index is 12.0. The number of hydrogen-bond acceptors (Lipinski definition) is 4. The second-order valence-corrected chi connectivity index (χ2v) is 5.86. The maximum Gasteiger partial charge on any atom is 0.179 e. The first-order chi connectivity index (χ1) is 8.10. The van der Waals surface area contributed by atoms with Gasteiger partial charge in [-0.15, -0.1) is 0 Å². The maximum atomic E-state index is 12.0. The molecule has 0 atom stereocenters. The van der Waals surface area contributed by atoms with Gasteiger partial charge in [-0.05, 0) is 31.2 Å². The van der Waals surface area contributed by atoms with Crippen molar-refractivity contribution >= 4 is 9.84 Å². The summed E-state index contributed by atoms with van der Waals surface area (Å²) in [5.74, 6) is 0.674. The standard InChI is InChI=1S/C12H19NO3S/c1-3-7-13-8-9-17(14,15)12-6-4-5-11(10-12)16-2/h4-6,10,13H,3,7-9H2,1-2H3. The van der Waals surface area contributed by atoms with Gasteiger partial charge < -0.3 is 10.1 Å². The number of benzene rings is 1. The predicted molar refractivity (Wildman–Crippen MR) is 68.2 cm³/mol. The van der Waals surface area contributed by atoms with Crippen LogP contribution in [0.1, 0.15) is 13.3 Å². The average Bonchev–Trinajstić information content (AvgIpc) is 2.35. The molecule has 1 rings (SSSR count). The molecule has 0 heterocycles. The van der Waals surface area contributed by atoms with Crippen LogP contribution in [0.2, 0.25) is 0 Å². The molecule has 0 spiro atoms. The van der Waals surface area contributed by atoms with Gasteiger partial charge >= 0.3 is 0 Å². The van der Waals surface area contributed by atoms with Crippen molar-refractivity contribution in [2.24, 2.45) is 0 Å². The van der Waals surface area contributed by atoms with E-state index in [1.165, 1.54) is 7.11 Å². The molecule has 0 saturated heterocycles. The van der Waals surface area contributed by atoms with E-state index in [-0.39, 0.29) is 5.75 Å². The molecule has 0 aliphatic heterocycles. The van der Waals surface area contributed by atoms with Gasteiger partial charge in [-0.2, -0.15) is 0 Å². The fourth-order valence-corrected chi connectivity index (χ4v) is 2.65. The van der Waals surface area contributed by atoms with Crippen molar-refractivity contribution in [1.29, 1.82) is 0 Å². The van der Waals surface area contributed by atoms with E-state index in [0.717, 1.165) is 13.0 Å². The Bertz CT molecular complexity index is 443. The summed E-state index contributed by atoms with van der Waals surface area (Å²) in [5, 5.41) is 3.08. The average molecular weight is 257 g/mol. The molecule has 0 bridgehead atoms. The minimum Gasteiger partial charge on any atom is -0.497 e. The lowest BCUT2D eigenvalue weighted by atomic mass is 10.3. The first-order valence-electron chi connectivity index (χ1n) is 5.67. The van der Waals surface area contributed by atoms with E-state index in [4.69, 9.17) is 4.74 Å². The van der Waals surface area contributed by atoms with Crippen LogP contribution in [0.15, 0.2) is 29.2 Å². The van der Waals surface area contributed by atoms with Crippen molar-refractivity contribution in [3.8, 4) is 5.75 Å². The molecule has 17 heavy (non-hydrogen) atoms. The van der Waals surface area contributed by atoms with Gasteiger partial charge in [0, 0.05) is 6.54 Å². The normalized spacial score (nSPS) is 11.4. The smallest absolute Gasteiger partial charge is 0.179 e. The van der Waals surface area contributed by atoms with Crippen LogP contribution in [0, 0.1) is 0 Å². The fourth-order valence-electron chi connectivity index (χ4n) is 1.42. The monoisotopic (exact) mass is 257 g/mol. The molecule has 96 valence electrons. The van der Waals surface area contributed by atoms with Gasteiger partial charge in [0.2, 0.25) is 0 Å². The van der Waals surface area contributed by atoms with Crippen LogP contribution in [0.5, 0.6) is 5.75 Å². The summed E-state index contributed by atoms with van der Waals surface area (Å²) in [6.45, 7) is 3.37. The lowest BCUT2D eigenvalue weighted by molar-refractivity contribution is 0.413. The number of ether oxygens (including phenoxy) is 1. The molecule has 0 amide bonds. The zero-order chi connectivity index (χ0) is 12.7. The zero-order valence-electron chi connectivity index (χ0n) is 10.3. The van der Waals surface area contributed by atoms with Crippen LogP contribution < -0.4 is 10.1 Å². The Hall–Kier alpha value is -1.07. The first kappa shape index (κ1) is 14.0. The van der Waals surface area contributed by atoms with Crippen molar-refractivity contribution in [2.45, 2.75) is 18.2 Å². The van der Waals surface area contributed by atoms with Crippen molar-refractivity contribution in [3.63, 3.8) is 0 Å². The van der Waals surface area contributed by atoms with Gasteiger partial charge in [0.1, 0.15) is 5.75 Å². The largest absolute Gasteiger partial charge is 0.497 e. The number of sulfone groups is 1. The van der Waals surface area contributed by atoms with Crippen molar-refractivity contribution < 1.29 is 13.2 Å². The summed E-state index contributed by atoms with van der Waals surface area (Å²) in [6, 6.07) is 6.56. The number of hydrogen-bond donors (Lipinski definition) is 1. The Morgan fingerprint density at radius 1 is 1.29 bits per heavy atom. The SMILES string of the molecule is CCCNCCS(=O)(=O)c1cccc(OC)c1. The highest BCUT2D eigenvalue weighted by atomic mass is 32.2. The highest BCUT2D eigenvalue weighted by Gasteiger charge is 2.14. The predicted octanol–water partition coefficient (Wildman–Crippen LogP) is 1.47. The number of rotatable bonds is 7. The molecule has 0 aromatic heterocycles. The van der Waals surface area contributed by atoms with E-state index in [9.17, 15) is 8.42 Å². The lowest BCUT2D eigenvalue weighted by Gasteiger charge is -2.07. The van der Waals surface area contributed by atoms with Gasteiger partial charge in [-0.3, -0.25) is 0 Å². The highest BCUT2D eigenvalue weighted by molar-refractivity contribution is 7.91. The third-order valence-corrected chi connectivity index (χ3v) is 4.09. The fraction of sp³-hybridized carbons (Fsp3) is 0.500. The van der Waals surface area contributed by atoms with Gasteiger partial charge in [-0.25, -0.2) is 8.42 Å². The molecule has 0 saturated carbocycles. The van der Waals surface area contributed by atoms with Crippen LogP contribution in [-0.4, -0.2) is 34.4 Å². The van der Waals surface area contributed by atoms with Crippen LogP contribution in [0.4, 0.5) is 0 Å². The minimum absolute atomic E-state index is 0.111. The molecule has 0 aliphatic carbocycles. The van der Waals surface area contributed by atoms with E-state index < -0.39 is 9.84 Å². The van der Waals surface area contributed by atoms with Crippen molar-refractivity contribution in [1.82, 2.24) is 5.32 Å². The van der Waals surface area contributed by atoms with Crippen LogP contribution >= 0.6 is 0 Å².